The van der Waals surface area contributed by atoms with Crippen molar-refractivity contribution < 1.29 is 27.2 Å². The largest absolute Gasteiger partial charge is 0.352 e. The molecule has 3 aromatic carbocycles. The van der Waals surface area contributed by atoms with E-state index in [4.69, 9.17) is 0 Å². The fourth-order valence-corrected chi connectivity index (χ4v) is 2.78. The van der Waals surface area contributed by atoms with Gasteiger partial charge in [-0.2, -0.15) is 0 Å². The van der Waals surface area contributed by atoms with Crippen molar-refractivity contribution in [3.8, 4) is 0 Å². The van der Waals surface area contributed by atoms with E-state index in [2.05, 4.69) is 10.6 Å². The van der Waals surface area contributed by atoms with E-state index in [0.717, 1.165) is 5.56 Å². The second-order valence-electron chi connectivity index (χ2n) is 6.34. The number of hydrogen-bond acceptors (Lipinski definition) is 2. The normalized spacial score (nSPS) is 10.5. The lowest BCUT2D eigenvalue weighted by Gasteiger charge is -2.12. The Hall–Kier alpha value is -3.68. The summed E-state index contributed by atoms with van der Waals surface area (Å²) < 4.78 is 53.7. The van der Waals surface area contributed by atoms with Gasteiger partial charge < -0.3 is 10.6 Å². The van der Waals surface area contributed by atoms with Crippen LogP contribution in [-0.4, -0.2) is 18.4 Å². The third-order valence-corrected chi connectivity index (χ3v) is 4.31. The molecule has 0 saturated carbocycles. The molecule has 0 bridgehead atoms. The van der Waals surface area contributed by atoms with Crippen LogP contribution in [0.2, 0.25) is 0 Å². The molecule has 8 heteroatoms. The van der Waals surface area contributed by atoms with Crippen LogP contribution in [0.25, 0.3) is 0 Å². The van der Waals surface area contributed by atoms with E-state index in [1.54, 1.807) is 6.07 Å². The van der Waals surface area contributed by atoms with Gasteiger partial charge in [0.15, 0.2) is 23.3 Å². The molecular weight excluding hydrogens is 400 g/mol. The Morgan fingerprint density at radius 1 is 0.733 bits per heavy atom. The average molecular weight is 416 g/mol. The van der Waals surface area contributed by atoms with Crippen LogP contribution < -0.4 is 10.6 Å². The molecule has 0 aliphatic carbocycles. The Morgan fingerprint density at radius 3 is 2.13 bits per heavy atom. The van der Waals surface area contributed by atoms with Crippen LogP contribution in [0.1, 0.15) is 26.3 Å². The van der Waals surface area contributed by atoms with Crippen molar-refractivity contribution in [3.63, 3.8) is 0 Å². The molecule has 0 spiro atoms. The Labute approximate surface area is 169 Å². The van der Waals surface area contributed by atoms with Crippen LogP contribution in [0.15, 0.2) is 60.7 Å². The number of amides is 2. The van der Waals surface area contributed by atoms with E-state index in [9.17, 15) is 27.2 Å². The molecule has 0 atom stereocenters. The van der Waals surface area contributed by atoms with Gasteiger partial charge in [0.05, 0.1) is 16.8 Å². The van der Waals surface area contributed by atoms with Crippen LogP contribution in [0, 0.1) is 23.3 Å². The van der Waals surface area contributed by atoms with Crippen molar-refractivity contribution in [2.45, 2.75) is 6.42 Å². The molecule has 0 aromatic heterocycles. The van der Waals surface area contributed by atoms with Gasteiger partial charge >= 0.3 is 0 Å². The Morgan fingerprint density at radius 2 is 1.40 bits per heavy atom. The summed E-state index contributed by atoms with van der Waals surface area (Å²) in [6, 6.07) is 15.6. The highest BCUT2D eigenvalue weighted by atomic mass is 19.2. The number of para-hydroxylation sites is 1. The lowest BCUT2D eigenvalue weighted by molar-refractivity contribution is 0.0955. The Balaban J connectivity index is 1.74. The second kappa shape index (κ2) is 9.21. The predicted molar refractivity (Wildman–Crippen MR) is 103 cm³/mol. The van der Waals surface area contributed by atoms with Gasteiger partial charge in [0.2, 0.25) is 0 Å². The number of anilines is 1. The minimum atomic E-state index is -2.09. The zero-order valence-electron chi connectivity index (χ0n) is 15.5. The number of nitrogens with one attached hydrogen (secondary N) is 2. The number of halogens is 4. The molecule has 3 rings (SSSR count). The first-order chi connectivity index (χ1) is 14.4. The van der Waals surface area contributed by atoms with E-state index in [0.29, 0.717) is 13.0 Å². The maximum atomic E-state index is 13.9. The molecule has 2 amide bonds. The Bertz CT molecular complexity index is 1090. The summed E-state index contributed by atoms with van der Waals surface area (Å²) in [7, 11) is 0. The summed E-state index contributed by atoms with van der Waals surface area (Å²) in [6.45, 7) is 0.328. The number of rotatable bonds is 6. The van der Waals surface area contributed by atoms with Crippen molar-refractivity contribution in [2.75, 3.05) is 11.9 Å². The first-order valence-corrected chi connectivity index (χ1v) is 8.94. The smallest absolute Gasteiger partial charge is 0.258 e. The predicted octanol–water partition coefficient (Wildman–Crippen LogP) is 4.47. The minimum absolute atomic E-state index is 0.00394. The van der Waals surface area contributed by atoms with Gasteiger partial charge in [0, 0.05) is 6.54 Å². The number of carbonyl (C=O) groups excluding carboxylic acids is 2. The minimum Gasteiger partial charge on any atom is -0.352 e. The summed E-state index contributed by atoms with van der Waals surface area (Å²) >= 11 is 0. The average Bonchev–Trinajstić information content (AvgIpc) is 2.75. The molecule has 4 nitrogen and oxygen atoms in total. The van der Waals surface area contributed by atoms with Crippen LogP contribution in [-0.2, 0) is 6.42 Å². The maximum absolute atomic E-state index is 13.9. The molecule has 0 heterocycles. The second-order valence-corrected chi connectivity index (χ2v) is 6.34. The zero-order valence-corrected chi connectivity index (χ0v) is 15.5. The van der Waals surface area contributed by atoms with Crippen LogP contribution >= 0.6 is 0 Å². The quantitative estimate of drug-likeness (QED) is 0.354. The molecule has 0 unspecified atom stereocenters. The van der Waals surface area contributed by atoms with Crippen molar-refractivity contribution in [2.24, 2.45) is 0 Å². The molecule has 154 valence electrons. The van der Waals surface area contributed by atoms with Crippen LogP contribution in [0.4, 0.5) is 23.2 Å². The summed E-state index contributed by atoms with van der Waals surface area (Å²) in [5.74, 6) is -9.36. The molecule has 0 saturated heterocycles. The van der Waals surface area contributed by atoms with Gasteiger partial charge in [-0.25, -0.2) is 17.6 Å². The maximum Gasteiger partial charge on any atom is 0.258 e. The highest BCUT2D eigenvalue weighted by Gasteiger charge is 2.24. The summed E-state index contributed by atoms with van der Waals surface area (Å²) in [4.78, 5) is 24.8. The van der Waals surface area contributed by atoms with Crippen molar-refractivity contribution in [1.82, 2.24) is 5.32 Å². The molecule has 30 heavy (non-hydrogen) atoms. The van der Waals surface area contributed by atoms with E-state index >= 15 is 0 Å². The van der Waals surface area contributed by atoms with E-state index in [1.807, 2.05) is 30.3 Å². The Kier molecular flexibility index (Phi) is 6.46. The summed E-state index contributed by atoms with van der Waals surface area (Å²) in [5.41, 5.74) is 0.0764. The zero-order chi connectivity index (χ0) is 21.7. The standard InChI is InChI=1S/C22H16F4N2O2/c23-16-12-15(18(24)20(26)19(16)25)22(30)28-17-9-5-4-8-14(17)21(29)27-11-10-13-6-2-1-3-7-13/h1-9,12H,10-11H2,(H,27,29)(H,28,30). The van der Waals surface area contributed by atoms with E-state index in [-0.39, 0.29) is 17.3 Å². The van der Waals surface area contributed by atoms with E-state index < -0.39 is 40.6 Å². The summed E-state index contributed by atoms with van der Waals surface area (Å²) in [6.07, 6.45) is 0.584. The molecule has 2 N–H and O–H groups in total. The van der Waals surface area contributed by atoms with Crippen LogP contribution in [0.5, 0.6) is 0 Å². The molecular formula is C22H16F4N2O2. The summed E-state index contributed by atoms with van der Waals surface area (Å²) in [5, 5.41) is 4.94. The van der Waals surface area contributed by atoms with Crippen molar-refractivity contribution in [3.05, 3.63) is 101 Å². The number of benzene rings is 3. The highest BCUT2D eigenvalue weighted by Crippen LogP contribution is 2.21. The fraction of sp³-hybridized carbons (Fsp3) is 0.0909. The fourth-order valence-electron chi connectivity index (χ4n) is 2.78. The van der Waals surface area contributed by atoms with Gasteiger partial charge in [0.25, 0.3) is 11.8 Å². The first-order valence-electron chi connectivity index (χ1n) is 8.94. The van der Waals surface area contributed by atoms with Gasteiger partial charge in [-0.15, -0.1) is 0 Å². The molecule has 3 aromatic rings. The van der Waals surface area contributed by atoms with Gasteiger partial charge in [-0.1, -0.05) is 42.5 Å². The van der Waals surface area contributed by atoms with Gasteiger partial charge in [0.1, 0.15) is 0 Å². The third-order valence-electron chi connectivity index (χ3n) is 4.31. The van der Waals surface area contributed by atoms with Crippen molar-refractivity contribution in [1.29, 1.82) is 0 Å². The SMILES string of the molecule is O=C(NCCc1ccccc1)c1ccccc1NC(=O)c1cc(F)c(F)c(F)c1F. The molecule has 0 aliphatic rings. The molecule has 0 aliphatic heterocycles. The molecule has 0 radical (unpaired) electrons. The van der Waals surface area contributed by atoms with Gasteiger partial charge in [-0.3, -0.25) is 9.59 Å². The third kappa shape index (κ3) is 4.65. The lowest BCUT2D eigenvalue weighted by atomic mass is 10.1. The van der Waals surface area contributed by atoms with Crippen LogP contribution in [0.3, 0.4) is 0 Å². The number of carbonyl (C=O) groups is 2. The van der Waals surface area contributed by atoms with Gasteiger partial charge in [-0.05, 0) is 30.2 Å². The van der Waals surface area contributed by atoms with E-state index in [1.165, 1.54) is 18.2 Å². The molecule has 0 fully saturated rings. The first kappa shape index (κ1) is 21.0. The lowest BCUT2D eigenvalue weighted by Crippen LogP contribution is -2.27. The topological polar surface area (TPSA) is 58.2 Å². The van der Waals surface area contributed by atoms with Crippen molar-refractivity contribution >= 4 is 17.5 Å². The number of hydrogen-bond donors (Lipinski definition) is 2. The highest BCUT2D eigenvalue weighted by molar-refractivity contribution is 6.09. The monoisotopic (exact) mass is 416 g/mol.